The first-order chi connectivity index (χ1) is 12.2. The molecule has 2 aromatic carbocycles. The molecule has 0 unspecified atom stereocenters. The summed E-state index contributed by atoms with van der Waals surface area (Å²) in [5.41, 5.74) is 6.88. The van der Waals surface area contributed by atoms with E-state index in [0.29, 0.717) is 11.5 Å². The molecular weight excluding hydrogens is 310 g/mol. The van der Waals surface area contributed by atoms with E-state index in [1.54, 1.807) is 0 Å². The van der Waals surface area contributed by atoms with Gasteiger partial charge >= 0.3 is 0 Å². The van der Waals surface area contributed by atoms with Gasteiger partial charge in [0.25, 0.3) is 5.91 Å². The normalized spacial score (nSPS) is 14.5. The number of amides is 1. The molecule has 4 nitrogen and oxygen atoms in total. The third-order valence-electron chi connectivity index (χ3n) is 4.53. The molecule has 0 atom stereocenters. The number of carbonyl (C=O) groups is 1. The second kappa shape index (κ2) is 6.48. The van der Waals surface area contributed by atoms with Gasteiger partial charge in [-0.3, -0.25) is 4.79 Å². The maximum atomic E-state index is 12.7. The zero-order valence-corrected chi connectivity index (χ0v) is 14.1. The van der Waals surface area contributed by atoms with E-state index >= 15 is 0 Å². The largest absolute Gasteiger partial charge is 0.272 e. The van der Waals surface area contributed by atoms with Crippen LogP contribution < -0.4 is 5.43 Å². The van der Waals surface area contributed by atoms with Crippen molar-refractivity contribution < 1.29 is 4.79 Å². The first-order valence-electron chi connectivity index (χ1n) is 8.52. The summed E-state index contributed by atoms with van der Waals surface area (Å²) < 4.78 is 0. The lowest BCUT2D eigenvalue weighted by Crippen LogP contribution is -2.20. The molecule has 1 fully saturated rings. The highest BCUT2D eigenvalue weighted by Crippen LogP contribution is 2.30. The van der Waals surface area contributed by atoms with Crippen molar-refractivity contribution in [2.24, 2.45) is 11.0 Å². The van der Waals surface area contributed by atoms with Crippen LogP contribution in [0.4, 0.5) is 0 Å². The molecular formula is C21H19N3O. The second-order valence-corrected chi connectivity index (χ2v) is 6.41. The van der Waals surface area contributed by atoms with Crippen LogP contribution in [0.15, 0.2) is 65.8 Å². The zero-order chi connectivity index (χ0) is 17.2. The van der Waals surface area contributed by atoms with Crippen LogP contribution in [0, 0.1) is 5.92 Å². The van der Waals surface area contributed by atoms with Gasteiger partial charge in [0, 0.05) is 16.7 Å². The lowest BCUT2D eigenvalue weighted by Gasteiger charge is -2.09. The summed E-state index contributed by atoms with van der Waals surface area (Å²) in [5, 5.41) is 5.10. The number of fused-ring (bicyclic) bond motifs is 1. The van der Waals surface area contributed by atoms with Crippen molar-refractivity contribution in [2.75, 3.05) is 0 Å². The third-order valence-corrected chi connectivity index (χ3v) is 4.53. The number of carbonyl (C=O) groups excluding carboxylic acids is 1. The molecule has 1 aliphatic carbocycles. The highest BCUT2D eigenvalue weighted by molar-refractivity contribution is 6.07. The van der Waals surface area contributed by atoms with Gasteiger partial charge in [0.1, 0.15) is 0 Å². The average molecular weight is 329 g/mol. The molecule has 1 heterocycles. The molecule has 0 spiro atoms. The minimum absolute atomic E-state index is 0.198. The van der Waals surface area contributed by atoms with E-state index in [1.165, 1.54) is 12.8 Å². The molecule has 4 rings (SSSR count). The second-order valence-electron chi connectivity index (χ2n) is 6.41. The number of nitrogens with one attached hydrogen (secondary N) is 1. The van der Waals surface area contributed by atoms with Crippen LogP contribution in [0.2, 0.25) is 0 Å². The molecule has 1 saturated carbocycles. The number of nitrogens with zero attached hydrogens (tertiary/aromatic N) is 2. The molecule has 25 heavy (non-hydrogen) atoms. The summed E-state index contributed by atoms with van der Waals surface area (Å²) >= 11 is 0. The number of rotatable bonds is 4. The van der Waals surface area contributed by atoms with Crippen molar-refractivity contribution in [1.82, 2.24) is 10.4 Å². The third kappa shape index (κ3) is 3.29. The Bertz CT molecular complexity index is 959. The standard InChI is InChI=1S/C21H19N3O/c1-14(15-11-12-15)23-24-21(25)18-13-20(16-7-3-2-4-8-16)22-19-10-6-5-9-17(18)19/h2-10,13,15H,11-12H2,1H3,(H,24,25). The Kier molecular flexibility index (Phi) is 4.02. The number of aromatic nitrogens is 1. The summed E-state index contributed by atoms with van der Waals surface area (Å²) in [6, 6.07) is 19.4. The van der Waals surface area contributed by atoms with Gasteiger partial charge in [-0.2, -0.15) is 5.10 Å². The van der Waals surface area contributed by atoms with Crippen molar-refractivity contribution in [3.8, 4) is 11.3 Å². The Balaban J connectivity index is 1.75. The van der Waals surface area contributed by atoms with Crippen LogP contribution in [0.25, 0.3) is 22.2 Å². The summed E-state index contributed by atoms with van der Waals surface area (Å²) in [4.78, 5) is 17.4. The number of benzene rings is 2. The molecule has 0 radical (unpaired) electrons. The Labute approximate surface area is 146 Å². The van der Waals surface area contributed by atoms with Crippen LogP contribution in [0.5, 0.6) is 0 Å². The van der Waals surface area contributed by atoms with Crippen molar-refractivity contribution in [1.29, 1.82) is 0 Å². The molecule has 0 aliphatic heterocycles. The summed E-state index contributed by atoms with van der Waals surface area (Å²) in [5.74, 6) is 0.338. The van der Waals surface area contributed by atoms with E-state index in [-0.39, 0.29) is 5.91 Å². The Morgan fingerprint density at radius 1 is 1.08 bits per heavy atom. The first kappa shape index (κ1) is 15.5. The Hall–Kier alpha value is -3.01. The van der Waals surface area contributed by atoms with Gasteiger partial charge in [0.15, 0.2) is 0 Å². The van der Waals surface area contributed by atoms with E-state index in [2.05, 4.69) is 10.5 Å². The molecule has 4 heteroatoms. The fourth-order valence-electron chi connectivity index (χ4n) is 2.91. The molecule has 0 bridgehead atoms. The van der Waals surface area contributed by atoms with Gasteiger partial charge < -0.3 is 0 Å². The number of hydrazone groups is 1. The number of para-hydroxylation sites is 1. The van der Waals surface area contributed by atoms with Crippen molar-refractivity contribution in [3.63, 3.8) is 0 Å². The first-order valence-corrected chi connectivity index (χ1v) is 8.52. The minimum atomic E-state index is -0.198. The van der Waals surface area contributed by atoms with Crippen LogP contribution in [-0.2, 0) is 0 Å². The minimum Gasteiger partial charge on any atom is -0.267 e. The van der Waals surface area contributed by atoms with Gasteiger partial charge in [0.05, 0.1) is 16.8 Å². The van der Waals surface area contributed by atoms with Crippen molar-refractivity contribution >= 4 is 22.5 Å². The van der Waals surface area contributed by atoms with E-state index < -0.39 is 0 Å². The molecule has 1 N–H and O–H groups in total. The van der Waals surface area contributed by atoms with Gasteiger partial charge in [-0.05, 0) is 37.8 Å². The van der Waals surface area contributed by atoms with Crippen LogP contribution in [0.1, 0.15) is 30.1 Å². The summed E-state index contributed by atoms with van der Waals surface area (Å²) in [6.45, 7) is 1.97. The molecule has 1 aliphatic rings. The maximum Gasteiger partial charge on any atom is 0.272 e. The molecule has 0 saturated heterocycles. The zero-order valence-electron chi connectivity index (χ0n) is 14.1. The van der Waals surface area contributed by atoms with E-state index in [9.17, 15) is 4.79 Å². The molecule has 124 valence electrons. The van der Waals surface area contributed by atoms with Crippen molar-refractivity contribution in [3.05, 3.63) is 66.2 Å². The van der Waals surface area contributed by atoms with Crippen LogP contribution in [0.3, 0.4) is 0 Å². The van der Waals surface area contributed by atoms with Gasteiger partial charge in [-0.1, -0.05) is 48.5 Å². The van der Waals surface area contributed by atoms with Crippen LogP contribution in [-0.4, -0.2) is 16.6 Å². The number of hydrogen-bond acceptors (Lipinski definition) is 3. The predicted molar refractivity (Wildman–Crippen MR) is 100 cm³/mol. The maximum absolute atomic E-state index is 12.7. The van der Waals surface area contributed by atoms with E-state index in [1.807, 2.05) is 67.6 Å². The summed E-state index contributed by atoms with van der Waals surface area (Å²) in [7, 11) is 0. The Morgan fingerprint density at radius 2 is 1.80 bits per heavy atom. The van der Waals surface area contributed by atoms with E-state index in [0.717, 1.165) is 27.9 Å². The fraction of sp³-hybridized carbons (Fsp3) is 0.190. The van der Waals surface area contributed by atoms with Gasteiger partial charge in [0.2, 0.25) is 0 Å². The highest BCUT2D eigenvalue weighted by Gasteiger charge is 2.24. The van der Waals surface area contributed by atoms with Gasteiger partial charge in [-0.15, -0.1) is 0 Å². The molecule has 1 aromatic heterocycles. The Morgan fingerprint density at radius 3 is 2.56 bits per heavy atom. The van der Waals surface area contributed by atoms with Gasteiger partial charge in [-0.25, -0.2) is 10.4 Å². The topological polar surface area (TPSA) is 54.4 Å². The molecule has 1 amide bonds. The quantitative estimate of drug-likeness (QED) is 0.569. The number of pyridine rings is 1. The lowest BCUT2D eigenvalue weighted by atomic mass is 10.0. The highest BCUT2D eigenvalue weighted by atomic mass is 16.2. The fourth-order valence-corrected chi connectivity index (χ4v) is 2.91. The van der Waals surface area contributed by atoms with Crippen LogP contribution >= 0.6 is 0 Å². The lowest BCUT2D eigenvalue weighted by molar-refractivity contribution is 0.0956. The average Bonchev–Trinajstić information content (AvgIpc) is 3.51. The monoisotopic (exact) mass is 329 g/mol. The predicted octanol–water partition coefficient (Wildman–Crippen LogP) is 4.42. The van der Waals surface area contributed by atoms with Crippen molar-refractivity contribution in [2.45, 2.75) is 19.8 Å². The van der Waals surface area contributed by atoms with E-state index in [4.69, 9.17) is 4.98 Å². The number of hydrogen-bond donors (Lipinski definition) is 1. The SMILES string of the molecule is CC(=NNC(=O)c1cc(-c2ccccc2)nc2ccccc12)C1CC1. The molecule has 3 aromatic rings. The summed E-state index contributed by atoms with van der Waals surface area (Å²) in [6.07, 6.45) is 2.34. The smallest absolute Gasteiger partial charge is 0.267 e.